The molecule has 1 atom stereocenters. The van der Waals surface area contributed by atoms with E-state index >= 15 is 0 Å². The maximum atomic E-state index is 11.9. The van der Waals surface area contributed by atoms with Crippen LogP contribution >= 0.6 is 0 Å². The van der Waals surface area contributed by atoms with Crippen LogP contribution in [0.4, 0.5) is 13.2 Å². The molecule has 0 aromatic heterocycles. The molecule has 0 spiro atoms. The average Bonchev–Trinajstić information content (AvgIpc) is 2.50. The number of aliphatic hydroxyl groups is 1. The minimum Gasteiger partial charge on any atom is -0.379 e. The molecule has 0 heterocycles. The van der Waals surface area contributed by atoms with Gasteiger partial charge in [0.25, 0.3) is 0 Å². The molecule has 1 aliphatic carbocycles. The first-order chi connectivity index (χ1) is 6.00. The van der Waals surface area contributed by atoms with E-state index in [1.54, 1.807) is 5.32 Å². The van der Waals surface area contributed by atoms with Crippen LogP contribution in [0.15, 0.2) is 0 Å². The van der Waals surface area contributed by atoms with Gasteiger partial charge in [0.1, 0.15) is 6.54 Å². The minimum atomic E-state index is -4.46. The van der Waals surface area contributed by atoms with Crippen LogP contribution in [0.1, 0.15) is 25.7 Å². The molecular formula is C8H15F3NO+. The molecule has 0 saturated heterocycles. The number of hydrogen-bond donors (Lipinski definition) is 2. The molecule has 0 aromatic rings. The van der Waals surface area contributed by atoms with Gasteiger partial charge in [-0.05, 0) is 25.7 Å². The third-order valence-corrected chi connectivity index (χ3v) is 2.47. The molecule has 2 nitrogen and oxygen atoms in total. The Morgan fingerprint density at radius 1 is 1.31 bits per heavy atom. The van der Waals surface area contributed by atoms with Crippen molar-refractivity contribution in [1.29, 1.82) is 0 Å². The van der Waals surface area contributed by atoms with E-state index in [0.29, 0.717) is 0 Å². The van der Waals surface area contributed by atoms with Crippen LogP contribution in [0.3, 0.4) is 0 Å². The van der Waals surface area contributed by atoms with Crippen molar-refractivity contribution in [1.82, 2.24) is 0 Å². The number of quaternary nitrogens is 1. The highest BCUT2D eigenvalue weighted by Crippen LogP contribution is 2.19. The Hall–Kier alpha value is -0.290. The summed E-state index contributed by atoms with van der Waals surface area (Å²) in [6, 6.07) is 0.289. The monoisotopic (exact) mass is 198 g/mol. The largest absolute Gasteiger partial charge is 0.419 e. The normalized spacial score (nSPS) is 22.2. The summed E-state index contributed by atoms with van der Waals surface area (Å²) in [7, 11) is 0. The van der Waals surface area contributed by atoms with Gasteiger partial charge < -0.3 is 10.4 Å². The molecule has 0 unspecified atom stereocenters. The van der Waals surface area contributed by atoms with Gasteiger partial charge in [0.15, 0.2) is 6.10 Å². The fourth-order valence-electron chi connectivity index (χ4n) is 1.65. The maximum absolute atomic E-state index is 11.9. The van der Waals surface area contributed by atoms with E-state index in [1.807, 2.05) is 0 Å². The molecule has 0 bridgehead atoms. The van der Waals surface area contributed by atoms with Crippen molar-refractivity contribution < 1.29 is 23.6 Å². The Bertz CT molecular complexity index is 154. The molecule has 13 heavy (non-hydrogen) atoms. The maximum Gasteiger partial charge on any atom is 0.419 e. The van der Waals surface area contributed by atoms with E-state index in [0.717, 1.165) is 25.7 Å². The van der Waals surface area contributed by atoms with Crippen molar-refractivity contribution in [3.05, 3.63) is 0 Å². The van der Waals surface area contributed by atoms with E-state index < -0.39 is 12.3 Å². The van der Waals surface area contributed by atoms with Crippen molar-refractivity contribution in [3.63, 3.8) is 0 Å². The summed E-state index contributed by atoms with van der Waals surface area (Å²) in [5, 5.41) is 10.3. The van der Waals surface area contributed by atoms with E-state index in [1.165, 1.54) is 0 Å². The standard InChI is InChI=1S/C8H14F3NO/c9-8(10,11)7(13)5-12-6-3-1-2-4-6/h6-7,12-13H,1-5H2/p+1/t7-/m1/s1. The second-order valence-corrected chi connectivity index (χ2v) is 3.57. The molecule has 1 fully saturated rings. The highest BCUT2D eigenvalue weighted by atomic mass is 19.4. The lowest BCUT2D eigenvalue weighted by Crippen LogP contribution is -2.91. The van der Waals surface area contributed by atoms with Crippen molar-refractivity contribution in [2.45, 2.75) is 44.0 Å². The Morgan fingerprint density at radius 2 is 1.85 bits per heavy atom. The average molecular weight is 198 g/mol. The van der Waals surface area contributed by atoms with E-state index in [-0.39, 0.29) is 12.6 Å². The first-order valence-corrected chi connectivity index (χ1v) is 4.58. The molecule has 0 radical (unpaired) electrons. The Kier molecular flexibility index (Phi) is 3.55. The Balaban J connectivity index is 2.17. The van der Waals surface area contributed by atoms with Crippen LogP contribution in [0.2, 0.25) is 0 Å². The second-order valence-electron chi connectivity index (χ2n) is 3.57. The van der Waals surface area contributed by atoms with Crippen LogP contribution in [0, 0.1) is 0 Å². The lowest BCUT2D eigenvalue weighted by molar-refractivity contribution is -0.696. The molecule has 1 aliphatic rings. The zero-order valence-electron chi connectivity index (χ0n) is 7.35. The molecule has 78 valence electrons. The number of hydrogen-bond acceptors (Lipinski definition) is 1. The molecule has 1 saturated carbocycles. The molecule has 0 aromatic carbocycles. The predicted octanol–water partition coefficient (Wildman–Crippen LogP) is 0.416. The summed E-state index contributed by atoms with van der Waals surface area (Å²) in [5.74, 6) is 0. The van der Waals surface area contributed by atoms with E-state index in [2.05, 4.69) is 0 Å². The highest BCUT2D eigenvalue weighted by molar-refractivity contribution is 4.66. The topological polar surface area (TPSA) is 36.8 Å². The molecule has 3 N–H and O–H groups in total. The summed E-state index contributed by atoms with van der Waals surface area (Å²) in [6.45, 7) is -0.256. The summed E-state index contributed by atoms with van der Waals surface area (Å²) in [5.41, 5.74) is 0. The lowest BCUT2D eigenvalue weighted by Gasteiger charge is -2.15. The van der Waals surface area contributed by atoms with Crippen molar-refractivity contribution >= 4 is 0 Å². The van der Waals surface area contributed by atoms with E-state index in [4.69, 9.17) is 5.11 Å². The van der Waals surface area contributed by atoms with Crippen LogP contribution in [0.25, 0.3) is 0 Å². The third-order valence-electron chi connectivity index (χ3n) is 2.47. The van der Waals surface area contributed by atoms with Crippen molar-refractivity contribution in [2.75, 3.05) is 6.54 Å². The van der Waals surface area contributed by atoms with Gasteiger partial charge >= 0.3 is 6.18 Å². The van der Waals surface area contributed by atoms with Gasteiger partial charge in [0, 0.05) is 0 Å². The Labute approximate surface area is 75.1 Å². The molecule has 0 amide bonds. The number of aliphatic hydroxyl groups excluding tert-OH is 1. The van der Waals surface area contributed by atoms with Gasteiger partial charge in [-0.2, -0.15) is 13.2 Å². The summed E-state index contributed by atoms with van der Waals surface area (Å²) < 4.78 is 35.6. The van der Waals surface area contributed by atoms with Crippen molar-refractivity contribution in [2.24, 2.45) is 0 Å². The minimum absolute atomic E-state index is 0.256. The van der Waals surface area contributed by atoms with Gasteiger partial charge in [0.2, 0.25) is 0 Å². The van der Waals surface area contributed by atoms with Gasteiger partial charge in [-0.1, -0.05) is 0 Å². The van der Waals surface area contributed by atoms with Gasteiger partial charge in [-0.25, -0.2) is 0 Å². The van der Waals surface area contributed by atoms with Crippen LogP contribution in [0.5, 0.6) is 0 Å². The van der Waals surface area contributed by atoms with Gasteiger partial charge in [-0.15, -0.1) is 0 Å². The third kappa shape index (κ3) is 3.52. The van der Waals surface area contributed by atoms with Crippen molar-refractivity contribution in [3.8, 4) is 0 Å². The smallest absolute Gasteiger partial charge is 0.379 e. The quantitative estimate of drug-likeness (QED) is 0.677. The van der Waals surface area contributed by atoms with Gasteiger partial charge in [-0.3, -0.25) is 0 Å². The van der Waals surface area contributed by atoms with Crippen LogP contribution < -0.4 is 5.32 Å². The number of alkyl halides is 3. The summed E-state index contributed by atoms with van der Waals surface area (Å²) in [4.78, 5) is 0. The van der Waals surface area contributed by atoms with Crippen LogP contribution in [-0.4, -0.2) is 30.0 Å². The zero-order chi connectivity index (χ0) is 9.90. The molecule has 0 aliphatic heterocycles. The number of halogens is 3. The molecule has 1 rings (SSSR count). The fraction of sp³-hybridized carbons (Fsp3) is 1.00. The molecular weight excluding hydrogens is 183 g/mol. The lowest BCUT2D eigenvalue weighted by atomic mass is 10.2. The van der Waals surface area contributed by atoms with E-state index in [9.17, 15) is 13.2 Å². The zero-order valence-corrected chi connectivity index (χ0v) is 7.35. The number of rotatable bonds is 3. The first-order valence-electron chi connectivity index (χ1n) is 4.58. The second kappa shape index (κ2) is 4.28. The van der Waals surface area contributed by atoms with Crippen LogP contribution in [-0.2, 0) is 0 Å². The highest BCUT2D eigenvalue weighted by Gasteiger charge is 2.40. The molecule has 5 heteroatoms. The van der Waals surface area contributed by atoms with Gasteiger partial charge in [0.05, 0.1) is 6.04 Å². The summed E-state index contributed by atoms with van der Waals surface area (Å²) >= 11 is 0. The number of nitrogens with two attached hydrogens (primary N) is 1. The Morgan fingerprint density at radius 3 is 2.31 bits per heavy atom. The summed E-state index contributed by atoms with van der Waals surface area (Å²) in [6.07, 6.45) is -2.48. The fourth-order valence-corrected chi connectivity index (χ4v) is 1.65. The predicted molar refractivity (Wildman–Crippen MR) is 41.1 cm³/mol. The first kappa shape index (κ1) is 10.8. The SMILES string of the molecule is O[C@H](C[NH2+]C1CCCC1)C(F)(F)F.